The van der Waals surface area contributed by atoms with Gasteiger partial charge in [0.15, 0.2) is 5.13 Å². The number of aromatic nitrogens is 1. The molecule has 2 aromatic carbocycles. The Morgan fingerprint density at radius 3 is 2.78 bits per heavy atom. The lowest BCUT2D eigenvalue weighted by atomic mass is 10.1. The van der Waals surface area contributed by atoms with E-state index in [1.807, 2.05) is 17.0 Å². The van der Waals surface area contributed by atoms with Gasteiger partial charge in [-0.1, -0.05) is 17.4 Å². The number of thiazole rings is 1. The van der Waals surface area contributed by atoms with Gasteiger partial charge in [-0.15, -0.1) is 11.8 Å². The normalized spacial score (nSPS) is 15.9. The number of benzene rings is 2. The highest BCUT2D eigenvalue weighted by Gasteiger charge is 2.26. The van der Waals surface area contributed by atoms with Crippen molar-refractivity contribution < 1.29 is 14.3 Å². The first kappa shape index (κ1) is 23.1. The quantitative estimate of drug-likeness (QED) is 0.283. The lowest BCUT2D eigenvalue weighted by molar-refractivity contribution is -0.119. The molecule has 1 saturated heterocycles. The molecule has 1 amide bonds. The number of carbonyl (C=O) groups excluding carboxylic acids is 1. The van der Waals surface area contributed by atoms with Crippen molar-refractivity contribution in [3.05, 3.63) is 47.5 Å². The third kappa shape index (κ3) is 5.45. The Labute approximate surface area is 198 Å². The fraction of sp³-hybridized carbons (Fsp3) is 0.440. The van der Waals surface area contributed by atoms with Gasteiger partial charge in [0.2, 0.25) is 5.91 Å². The number of amides is 1. The zero-order valence-electron chi connectivity index (χ0n) is 18.9. The first-order valence-corrected chi connectivity index (χ1v) is 12.9. The molecule has 1 atom stereocenters. The van der Waals surface area contributed by atoms with Gasteiger partial charge in [-0.2, -0.15) is 0 Å². The predicted octanol–water partition coefficient (Wildman–Crippen LogP) is 6.01. The maximum absolute atomic E-state index is 13.3. The van der Waals surface area contributed by atoms with Gasteiger partial charge in [0, 0.05) is 17.9 Å². The number of carbonyl (C=O) groups is 1. The molecule has 0 saturated carbocycles. The number of anilines is 1. The summed E-state index contributed by atoms with van der Waals surface area (Å²) in [5.74, 6) is 1.88. The SMILES string of the molecule is COc1ccc(SCCCC(=O)N(CC2CCCO2)c2nc3c(C)c(C)ccc3s2)cc1. The zero-order chi connectivity index (χ0) is 22.5. The van der Waals surface area contributed by atoms with Crippen molar-refractivity contribution in [2.45, 2.75) is 50.5 Å². The number of nitrogens with zero attached hydrogens (tertiary/aromatic N) is 2. The van der Waals surface area contributed by atoms with E-state index in [2.05, 4.69) is 38.1 Å². The van der Waals surface area contributed by atoms with Crippen molar-refractivity contribution in [2.24, 2.45) is 0 Å². The molecule has 1 unspecified atom stereocenters. The first-order chi connectivity index (χ1) is 15.5. The summed E-state index contributed by atoms with van der Waals surface area (Å²) in [6.45, 7) is 5.57. The van der Waals surface area contributed by atoms with E-state index < -0.39 is 0 Å². The zero-order valence-corrected chi connectivity index (χ0v) is 20.6. The summed E-state index contributed by atoms with van der Waals surface area (Å²) >= 11 is 3.37. The van der Waals surface area contributed by atoms with Crippen molar-refractivity contribution >= 4 is 44.4 Å². The van der Waals surface area contributed by atoms with Gasteiger partial charge in [-0.05, 0) is 80.3 Å². The fourth-order valence-electron chi connectivity index (χ4n) is 3.83. The average molecular weight is 471 g/mol. The Morgan fingerprint density at radius 1 is 1.25 bits per heavy atom. The van der Waals surface area contributed by atoms with Gasteiger partial charge < -0.3 is 9.47 Å². The molecule has 170 valence electrons. The molecular formula is C25H30N2O3S2. The molecule has 2 heterocycles. The molecule has 5 nitrogen and oxygen atoms in total. The summed E-state index contributed by atoms with van der Waals surface area (Å²) in [5.41, 5.74) is 3.41. The lowest BCUT2D eigenvalue weighted by Crippen LogP contribution is -2.37. The van der Waals surface area contributed by atoms with Crippen LogP contribution in [-0.2, 0) is 9.53 Å². The van der Waals surface area contributed by atoms with Crippen molar-refractivity contribution in [2.75, 3.05) is 30.9 Å². The van der Waals surface area contributed by atoms with Crippen LogP contribution >= 0.6 is 23.1 Å². The van der Waals surface area contributed by atoms with E-state index in [-0.39, 0.29) is 12.0 Å². The molecule has 0 bridgehead atoms. The predicted molar refractivity (Wildman–Crippen MR) is 133 cm³/mol. The second kappa shape index (κ2) is 10.7. The minimum absolute atomic E-state index is 0.0995. The highest BCUT2D eigenvalue weighted by molar-refractivity contribution is 7.99. The Bertz CT molecular complexity index is 1060. The number of fused-ring (bicyclic) bond motifs is 1. The number of methoxy groups -OCH3 is 1. The Morgan fingerprint density at radius 2 is 2.06 bits per heavy atom. The molecule has 1 aliphatic rings. The van der Waals surface area contributed by atoms with Crippen molar-refractivity contribution in [1.29, 1.82) is 0 Å². The largest absolute Gasteiger partial charge is 0.497 e. The molecule has 7 heteroatoms. The van der Waals surface area contributed by atoms with Gasteiger partial charge in [0.1, 0.15) is 5.75 Å². The number of rotatable bonds is 9. The molecule has 32 heavy (non-hydrogen) atoms. The number of aryl methyl sites for hydroxylation is 2. The van der Waals surface area contributed by atoms with Gasteiger partial charge in [0.25, 0.3) is 0 Å². The molecule has 1 aromatic heterocycles. The maximum atomic E-state index is 13.3. The second-order valence-electron chi connectivity index (χ2n) is 8.12. The summed E-state index contributed by atoms with van der Waals surface area (Å²) in [6.07, 6.45) is 3.48. The van der Waals surface area contributed by atoms with E-state index in [1.54, 1.807) is 30.2 Å². The van der Waals surface area contributed by atoms with Crippen LogP contribution < -0.4 is 9.64 Å². The fourth-order valence-corrected chi connectivity index (χ4v) is 5.73. The number of hydrogen-bond acceptors (Lipinski definition) is 6. The lowest BCUT2D eigenvalue weighted by Gasteiger charge is -2.23. The first-order valence-electron chi connectivity index (χ1n) is 11.1. The van der Waals surface area contributed by atoms with Gasteiger partial charge in [-0.3, -0.25) is 9.69 Å². The van der Waals surface area contributed by atoms with Gasteiger partial charge >= 0.3 is 0 Å². The molecule has 0 radical (unpaired) electrons. The smallest absolute Gasteiger partial charge is 0.228 e. The highest BCUT2D eigenvalue weighted by atomic mass is 32.2. The van der Waals surface area contributed by atoms with Crippen LogP contribution in [0, 0.1) is 13.8 Å². The summed E-state index contributed by atoms with van der Waals surface area (Å²) in [5, 5.41) is 0.789. The van der Waals surface area contributed by atoms with Crippen LogP contribution in [0.25, 0.3) is 10.2 Å². The van der Waals surface area contributed by atoms with E-state index in [0.717, 1.165) is 52.7 Å². The molecule has 3 aromatic rings. The molecule has 1 fully saturated rings. The monoisotopic (exact) mass is 470 g/mol. The highest BCUT2D eigenvalue weighted by Crippen LogP contribution is 2.33. The van der Waals surface area contributed by atoms with E-state index >= 15 is 0 Å². The summed E-state index contributed by atoms with van der Waals surface area (Å²) in [6, 6.07) is 12.3. The third-order valence-corrected chi connectivity index (χ3v) is 8.02. The second-order valence-corrected chi connectivity index (χ2v) is 10.3. The molecule has 4 rings (SSSR count). The maximum Gasteiger partial charge on any atom is 0.228 e. The number of hydrogen-bond donors (Lipinski definition) is 0. The third-order valence-electron chi connectivity index (χ3n) is 5.88. The van der Waals surface area contributed by atoms with Crippen molar-refractivity contribution in [3.8, 4) is 5.75 Å². The topological polar surface area (TPSA) is 51.7 Å². The molecule has 0 aliphatic carbocycles. The van der Waals surface area contributed by atoms with Crippen LogP contribution in [0.15, 0.2) is 41.3 Å². The summed E-state index contributed by atoms with van der Waals surface area (Å²) < 4.78 is 12.2. The van der Waals surface area contributed by atoms with E-state index in [1.165, 1.54) is 16.0 Å². The van der Waals surface area contributed by atoms with Crippen LogP contribution in [0.4, 0.5) is 5.13 Å². The van der Waals surface area contributed by atoms with Crippen LogP contribution in [0.2, 0.25) is 0 Å². The van der Waals surface area contributed by atoms with Crippen molar-refractivity contribution in [3.63, 3.8) is 0 Å². The standard InChI is InChI=1S/C25H30N2O3S2/c1-17-8-13-22-24(18(17)2)26-25(32-22)27(16-20-6-4-14-30-20)23(28)7-5-15-31-21-11-9-19(29-3)10-12-21/h8-13,20H,4-7,14-16H2,1-3H3. The Balaban J connectivity index is 1.42. The van der Waals surface area contributed by atoms with E-state index in [9.17, 15) is 4.79 Å². The molecule has 1 aliphatic heterocycles. The summed E-state index contributed by atoms with van der Waals surface area (Å²) in [7, 11) is 1.67. The molecule has 0 spiro atoms. The Hall–Kier alpha value is -2.09. The van der Waals surface area contributed by atoms with Crippen LogP contribution in [0.3, 0.4) is 0 Å². The average Bonchev–Trinajstić information content (AvgIpc) is 3.48. The molecular weight excluding hydrogens is 440 g/mol. The van der Waals surface area contributed by atoms with Crippen LogP contribution in [0.5, 0.6) is 5.75 Å². The van der Waals surface area contributed by atoms with Gasteiger partial charge in [-0.25, -0.2) is 4.98 Å². The van der Waals surface area contributed by atoms with Crippen LogP contribution in [0.1, 0.15) is 36.8 Å². The van der Waals surface area contributed by atoms with Crippen molar-refractivity contribution in [1.82, 2.24) is 4.98 Å². The molecule has 0 N–H and O–H groups in total. The van der Waals surface area contributed by atoms with Crippen LogP contribution in [-0.4, -0.2) is 43.0 Å². The minimum atomic E-state index is 0.0995. The summed E-state index contributed by atoms with van der Waals surface area (Å²) in [4.78, 5) is 21.2. The minimum Gasteiger partial charge on any atom is -0.497 e. The van der Waals surface area contributed by atoms with Gasteiger partial charge in [0.05, 0.1) is 30.0 Å². The Kier molecular flexibility index (Phi) is 7.71. The number of thioether (sulfide) groups is 1. The van der Waals surface area contributed by atoms with E-state index in [4.69, 9.17) is 14.5 Å². The number of ether oxygens (including phenoxy) is 2. The van der Waals surface area contributed by atoms with E-state index in [0.29, 0.717) is 13.0 Å².